The number of hydroxylamine groups is 2. The lowest BCUT2D eigenvalue weighted by Crippen LogP contribution is -2.26. The van der Waals surface area contributed by atoms with Gasteiger partial charge in [0.1, 0.15) is 35.5 Å². The van der Waals surface area contributed by atoms with Crippen molar-refractivity contribution in [1.82, 2.24) is 11.0 Å². The van der Waals surface area contributed by atoms with Crippen molar-refractivity contribution in [2.24, 2.45) is 11.5 Å². The number of anilines is 6. The van der Waals surface area contributed by atoms with Crippen molar-refractivity contribution < 1.29 is 19.1 Å². The highest BCUT2D eigenvalue weighted by molar-refractivity contribution is 5.81. The highest BCUT2D eigenvalue weighted by Crippen LogP contribution is 2.40. The Hall–Kier alpha value is -5.26. The Kier molecular flexibility index (Phi) is 16.7. The van der Waals surface area contributed by atoms with Crippen LogP contribution in [-0.2, 0) is 0 Å². The van der Waals surface area contributed by atoms with Crippen LogP contribution in [0.25, 0.3) is 0 Å². The number of hydrogen-bond donors (Lipinski definition) is 4. The van der Waals surface area contributed by atoms with Crippen LogP contribution in [0.4, 0.5) is 34.1 Å². The van der Waals surface area contributed by atoms with Crippen LogP contribution in [0.2, 0.25) is 0 Å². The lowest BCUT2D eigenvalue weighted by Gasteiger charge is -2.29. The minimum Gasteiger partial charge on any atom is -0.476 e. The fourth-order valence-electron chi connectivity index (χ4n) is 6.12. The van der Waals surface area contributed by atoms with Gasteiger partial charge in [-0.2, -0.15) is 11.0 Å². The molecule has 2 atom stereocenters. The summed E-state index contributed by atoms with van der Waals surface area (Å²) in [4.78, 5) is 16.0. The van der Waals surface area contributed by atoms with Crippen LogP contribution in [0.15, 0.2) is 121 Å². The maximum atomic E-state index is 6.18. The molecule has 0 bridgehead atoms. The number of nitrogens with two attached hydrogens (primary N) is 2. The highest BCUT2D eigenvalue weighted by Gasteiger charge is 2.18. The Balaban J connectivity index is 1.47. The molecule has 0 heterocycles. The lowest BCUT2D eigenvalue weighted by atomic mass is 10.1. The van der Waals surface area contributed by atoms with Crippen LogP contribution in [-0.4, -0.2) is 25.5 Å². The minimum atomic E-state index is -0.346. The van der Waals surface area contributed by atoms with Crippen LogP contribution >= 0.6 is 0 Å². The Labute approximate surface area is 333 Å². The summed E-state index contributed by atoms with van der Waals surface area (Å²) in [6.45, 7) is 10.1. The van der Waals surface area contributed by atoms with E-state index in [9.17, 15) is 0 Å². The van der Waals surface area contributed by atoms with E-state index in [1.54, 1.807) is 0 Å². The molecule has 0 saturated heterocycles. The van der Waals surface area contributed by atoms with Gasteiger partial charge >= 0.3 is 0 Å². The maximum absolute atomic E-state index is 6.18. The summed E-state index contributed by atoms with van der Waals surface area (Å²) in [6.07, 6.45) is 7.10. The summed E-state index contributed by atoms with van der Waals surface area (Å²) in [5.74, 6) is 2.97. The summed E-state index contributed by atoms with van der Waals surface area (Å²) in [6, 6.07) is 40.8. The molecular weight excluding hydrogens is 701 g/mol. The molecule has 6 N–H and O–H groups in total. The number of rotatable bonds is 24. The maximum Gasteiger partial charge on any atom is 0.147 e. The van der Waals surface area contributed by atoms with Gasteiger partial charge in [-0.15, -0.1) is 0 Å². The van der Waals surface area contributed by atoms with E-state index in [0.29, 0.717) is 0 Å². The second kappa shape index (κ2) is 22.3. The molecule has 2 unspecified atom stereocenters. The first-order chi connectivity index (χ1) is 27.4. The molecular formula is C46H60N6O4. The Morgan fingerprint density at radius 2 is 0.679 bits per heavy atom. The number of nitrogens with one attached hydrogen (secondary N) is 2. The van der Waals surface area contributed by atoms with Crippen molar-refractivity contribution in [3.05, 3.63) is 121 Å². The first-order valence-electron chi connectivity index (χ1n) is 20.2. The van der Waals surface area contributed by atoms with Crippen molar-refractivity contribution in [3.63, 3.8) is 0 Å². The number of nitrogens with zero attached hydrogens (tertiary/aromatic N) is 2. The summed E-state index contributed by atoms with van der Waals surface area (Å²) in [7, 11) is 0. The van der Waals surface area contributed by atoms with E-state index in [-0.39, 0.29) is 12.5 Å². The Morgan fingerprint density at radius 1 is 0.411 bits per heavy atom. The smallest absolute Gasteiger partial charge is 0.147 e. The van der Waals surface area contributed by atoms with Crippen LogP contribution in [0.5, 0.6) is 23.0 Å². The topological polar surface area (TPSA) is 120 Å². The van der Waals surface area contributed by atoms with Crippen LogP contribution in [0.3, 0.4) is 0 Å². The third-order valence-electron chi connectivity index (χ3n) is 9.11. The molecule has 0 aromatic heterocycles. The molecule has 0 fully saturated rings. The number of benzene rings is 5. The van der Waals surface area contributed by atoms with E-state index in [1.807, 2.05) is 48.5 Å². The molecule has 0 aliphatic carbocycles. The van der Waals surface area contributed by atoms with Crippen LogP contribution < -0.4 is 51.4 Å². The zero-order valence-corrected chi connectivity index (χ0v) is 33.5. The van der Waals surface area contributed by atoms with Crippen molar-refractivity contribution in [2.45, 2.75) is 91.5 Å². The predicted molar refractivity (Wildman–Crippen MR) is 230 cm³/mol. The molecule has 5 aromatic rings. The average Bonchev–Trinajstić information content (AvgIpc) is 3.21. The van der Waals surface area contributed by atoms with Crippen molar-refractivity contribution in [2.75, 3.05) is 22.9 Å². The molecule has 10 heteroatoms. The summed E-state index contributed by atoms with van der Waals surface area (Å²) in [5.41, 5.74) is 24.4. The van der Waals surface area contributed by atoms with Gasteiger partial charge in [0.25, 0.3) is 0 Å². The third kappa shape index (κ3) is 12.4. The fourth-order valence-corrected chi connectivity index (χ4v) is 6.12. The number of hydrogen-bond acceptors (Lipinski definition) is 10. The minimum absolute atomic E-state index is 0.346. The number of unbranched alkanes of at least 4 members (excludes halogenated alkanes) is 2. The molecule has 10 nitrogen and oxygen atoms in total. The lowest BCUT2D eigenvalue weighted by molar-refractivity contribution is 0.194. The van der Waals surface area contributed by atoms with Crippen molar-refractivity contribution in [1.29, 1.82) is 0 Å². The average molecular weight is 761 g/mol. The van der Waals surface area contributed by atoms with Crippen molar-refractivity contribution in [3.8, 4) is 23.0 Å². The van der Waals surface area contributed by atoms with Gasteiger partial charge < -0.3 is 28.9 Å². The van der Waals surface area contributed by atoms with Gasteiger partial charge in [0.2, 0.25) is 0 Å². The molecule has 0 spiro atoms. The zero-order chi connectivity index (χ0) is 39.5. The van der Waals surface area contributed by atoms with Crippen LogP contribution in [0, 0.1) is 0 Å². The van der Waals surface area contributed by atoms with Gasteiger partial charge in [0.05, 0.1) is 0 Å². The normalized spacial score (nSPS) is 12.1. The summed E-state index contributed by atoms with van der Waals surface area (Å²) >= 11 is 0. The third-order valence-corrected chi connectivity index (χ3v) is 9.11. The van der Waals surface area contributed by atoms with Crippen LogP contribution in [0.1, 0.15) is 79.1 Å². The fraction of sp³-hybridized carbons (Fsp3) is 0.348. The molecule has 0 aliphatic heterocycles. The van der Waals surface area contributed by atoms with Gasteiger partial charge in [-0.05, 0) is 147 Å². The van der Waals surface area contributed by atoms with Gasteiger partial charge in [0, 0.05) is 47.2 Å². The molecule has 5 aromatic carbocycles. The monoisotopic (exact) mass is 760 g/mol. The second-order valence-electron chi connectivity index (χ2n) is 13.8. The standard InChI is InChI=1S/C46H60N6O4/c1-5-9-33-49-55-43-29-21-39(22-30-43)52(40-23-31-44(32-24-40)56-50-34-10-6-2)36-15-13-35(14-16-36)51(37-17-25-41(26-18-37)53-45(47)11-7-3)38-19-27-42(28-20-38)54-46(48)12-8-4/h13-32,45-46,49-50H,5-12,33-34,47-48H2,1-4H3. The molecule has 56 heavy (non-hydrogen) atoms. The predicted octanol–water partition coefficient (Wildman–Crippen LogP) is 10.9. The molecule has 0 saturated carbocycles. The Bertz CT molecular complexity index is 1710. The molecule has 0 amide bonds. The highest BCUT2D eigenvalue weighted by atomic mass is 16.6. The summed E-state index contributed by atoms with van der Waals surface area (Å²) in [5, 5.41) is 0. The second-order valence-corrected chi connectivity index (χ2v) is 13.8. The molecule has 0 aliphatic rings. The summed E-state index contributed by atoms with van der Waals surface area (Å²) < 4.78 is 12.0. The molecule has 5 rings (SSSR count). The van der Waals surface area contributed by atoms with E-state index in [4.69, 9.17) is 30.6 Å². The first-order valence-corrected chi connectivity index (χ1v) is 20.2. The van der Waals surface area contributed by atoms with Gasteiger partial charge in [-0.1, -0.05) is 53.4 Å². The largest absolute Gasteiger partial charge is 0.476 e. The van der Waals surface area contributed by atoms with E-state index < -0.39 is 0 Å². The quantitative estimate of drug-likeness (QED) is 0.0275. The van der Waals surface area contributed by atoms with E-state index >= 15 is 0 Å². The Morgan fingerprint density at radius 3 is 0.946 bits per heavy atom. The zero-order valence-electron chi connectivity index (χ0n) is 33.5. The van der Waals surface area contributed by atoms with Gasteiger partial charge in [-0.3, -0.25) is 11.5 Å². The van der Waals surface area contributed by atoms with Gasteiger partial charge in [-0.25, -0.2) is 0 Å². The van der Waals surface area contributed by atoms with E-state index in [1.165, 1.54) is 0 Å². The van der Waals surface area contributed by atoms with E-state index in [0.717, 1.165) is 122 Å². The molecule has 0 radical (unpaired) electrons. The molecule has 298 valence electrons. The van der Waals surface area contributed by atoms with E-state index in [2.05, 4.69) is 121 Å². The van der Waals surface area contributed by atoms with Crippen molar-refractivity contribution >= 4 is 34.1 Å². The van der Waals surface area contributed by atoms with Gasteiger partial charge in [0.15, 0.2) is 0 Å². The number of ether oxygens (including phenoxy) is 2. The SMILES string of the molecule is CCCCNOc1ccc(N(c2ccc(ONCCCC)cc2)c2ccc(N(c3ccc(OC(N)CCC)cc3)c3ccc(OC(N)CCC)cc3)cc2)cc1. The first kappa shape index (κ1) is 41.9.